The Hall–Kier alpha value is 1.15. The Bertz CT molecular complexity index is 42.2. The monoisotopic (exact) mass is 145 g/mol. The van der Waals surface area contributed by atoms with E-state index >= 15 is 0 Å². The van der Waals surface area contributed by atoms with Crippen molar-refractivity contribution in [2.75, 3.05) is 0 Å². The highest BCUT2D eigenvalue weighted by atomic mass is 33.4. The number of hydrogen-bond acceptors (Lipinski definition) is 3. The van der Waals surface area contributed by atoms with E-state index in [1.807, 2.05) is 0 Å². The smallest absolute Gasteiger partial charge is 0.0564 e. The standard InChI is InChI=1S/HOPS3/c1-2(3)5-4/h(H-,1,3,4)/p+1. The minimum atomic E-state index is -1.37. The summed E-state index contributed by atoms with van der Waals surface area (Å²) in [4.78, 5) is 0. The van der Waals surface area contributed by atoms with Crippen molar-refractivity contribution in [2.24, 2.45) is 0 Å². The van der Waals surface area contributed by atoms with Crippen molar-refractivity contribution in [3.05, 3.63) is 0 Å². The van der Waals surface area contributed by atoms with Gasteiger partial charge >= 0.3 is 6.20 Å². The lowest BCUT2D eigenvalue weighted by molar-refractivity contribution is 0.604. The molecule has 0 rings (SSSR count). The predicted molar refractivity (Wildman–Crippen MR) is 33.2 cm³/mol. The van der Waals surface area contributed by atoms with E-state index in [0.717, 1.165) is 10.4 Å². The molecule has 0 aromatic carbocycles. The fourth-order valence-electron chi connectivity index (χ4n) is 0. The van der Waals surface area contributed by atoms with Gasteiger partial charge in [0.1, 0.15) is 12.2 Å². The van der Waals surface area contributed by atoms with E-state index in [4.69, 9.17) is 0 Å². The Morgan fingerprint density at radius 2 is 2.00 bits per heavy atom. The molecule has 0 aliphatic carbocycles. The van der Waals surface area contributed by atoms with Crippen LogP contribution in [-0.4, -0.2) is 0 Å². The molecular formula is H2OPS3+. The summed E-state index contributed by atoms with van der Waals surface area (Å²) in [6.45, 7) is 0. The summed E-state index contributed by atoms with van der Waals surface area (Å²) < 4.78 is 9.71. The maximum Gasteiger partial charge on any atom is 0.491 e. The van der Waals surface area contributed by atoms with Crippen molar-refractivity contribution in [1.82, 2.24) is 0 Å². The van der Waals surface area contributed by atoms with E-state index < -0.39 is 6.20 Å². The second-order valence-corrected chi connectivity index (χ2v) is 5.81. The predicted octanol–water partition coefficient (Wildman–Crippen LogP) is 2.15. The molecule has 0 radical (unpaired) electrons. The molecule has 1 unspecified atom stereocenters. The summed E-state index contributed by atoms with van der Waals surface area (Å²) >= 11 is 7.07. The first-order chi connectivity index (χ1) is 2.27. The van der Waals surface area contributed by atoms with Gasteiger partial charge in [-0.2, -0.15) is 0 Å². The van der Waals surface area contributed by atoms with Crippen molar-refractivity contribution in [3.63, 3.8) is 0 Å². The summed E-state index contributed by atoms with van der Waals surface area (Å²) in [6.07, 6.45) is -1.37. The fraction of sp³-hybridized carbons (Fsp3) is 0. The summed E-state index contributed by atoms with van der Waals surface area (Å²) in [5.74, 6) is 0. The number of hydrogen-bond donors (Lipinski definition) is 2. The zero-order chi connectivity index (χ0) is 4.28. The lowest BCUT2D eigenvalue weighted by atomic mass is 16.0. The highest BCUT2D eigenvalue weighted by molar-refractivity contribution is 9.03. The fourth-order valence-corrected chi connectivity index (χ4v) is 0. The van der Waals surface area contributed by atoms with Gasteiger partial charge in [0, 0.05) is 0 Å². The first-order valence-electron chi connectivity index (χ1n) is 0.748. The number of rotatable bonds is 1. The van der Waals surface area contributed by atoms with Crippen molar-refractivity contribution < 1.29 is 4.57 Å². The SMILES string of the molecule is O=[P+](S)SS. The lowest BCUT2D eigenvalue weighted by Gasteiger charge is -1.49. The summed E-state index contributed by atoms with van der Waals surface area (Å²) in [6, 6.07) is 0. The molecule has 0 bridgehead atoms. The molecule has 5 heavy (non-hydrogen) atoms. The summed E-state index contributed by atoms with van der Waals surface area (Å²) in [7, 11) is 0.948. The van der Waals surface area contributed by atoms with Gasteiger partial charge in [-0.25, -0.2) is 0 Å². The first kappa shape index (κ1) is 6.15. The van der Waals surface area contributed by atoms with E-state index in [0.29, 0.717) is 0 Å². The van der Waals surface area contributed by atoms with E-state index in [1.54, 1.807) is 0 Å². The maximum absolute atomic E-state index is 9.71. The Morgan fingerprint density at radius 3 is 2.00 bits per heavy atom. The molecule has 0 aromatic rings. The molecule has 0 aliphatic rings. The topological polar surface area (TPSA) is 17.1 Å². The Kier molecular flexibility index (Phi) is 4.11. The van der Waals surface area contributed by atoms with E-state index in [2.05, 4.69) is 23.9 Å². The second kappa shape index (κ2) is 3.34. The molecule has 1 atom stereocenters. The second-order valence-electron chi connectivity index (χ2n) is 0.319. The molecule has 0 aliphatic heterocycles. The van der Waals surface area contributed by atoms with Gasteiger partial charge in [0.15, 0.2) is 0 Å². The van der Waals surface area contributed by atoms with Gasteiger partial charge in [-0.1, -0.05) is 11.7 Å². The summed E-state index contributed by atoms with van der Waals surface area (Å²) in [5, 5.41) is 0. The Morgan fingerprint density at radius 1 is 1.80 bits per heavy atom. The Labute approximate surface area is 45.4 Å². The maximum atomic E-state index is 9.71. The molecule has 1 nitrogen and oxygen atoms in total. The van der Waals surface area contributed by atoms with Gasteiger partial charge in [-0.15, -0.1) is 0 Å². The van der Waals surface area contributed by atoms with Gasteiger partial charge < -0.3 is 0 Å². The van der Waals surface area contributed by atoms with Crippen LogP contribution in [0.5, 0.6) is 0 Å². The third-order valence-corrected chi connectivity index (χ3v) is 3.86. The van der Waals surface area contributed by atoms with Gasteiger partial charge in [0.25, 0.3) is 0 Å². The average molecular weight is 145 g/mol. The third-order valence-electron chi connectivity index (χ3n) is 0.0698. The van der Waals surface area contributed by atoms with E-state index in [-0.39, 0.29) is 0 Å². The molecule has 0 saturated heterocycles. The average Bonchev–Trinajstić information content (AvgIpc) is 1.38. The first-order valence-corrected chi connectivity index (χ1v) is 5.63. The molecule has 0 saturated carbocycles. The van der Waals surface area contributed by atoms with Crippen molar-refractivity contribution in [1.29, 1.82) is 0 Å². The van der Waals surface area contributed by atoms with Gasteiger partial charge in [-0.05, 0) is 4.57 Å². The van der Waals surface area contributed by atoms with Crippen LogP contribution in [-0.2, 0) is 4.57 Å². The summed E-state index contributed by atoms with van der Waals surface area (Å²) in [5.41, 5.74) is 0. The zero-order valence-electron chi connectivity index (χ0n) is 2.16. The minimum absolute atomic E-state index is 0.948. The van der Waals surface area contributed by atoms with Crippen LogP contribution in [0.1, 0.15) is 0 Å². The van der Waals surface area contributed by atoms with Crippen LogP contribution in [0.25, 0.3) is 0 Å². The van der Waals surface area contributed by atoms with Crippen LogP contribution in [0.15, 0.2) is 0 Å². The zero-order valence-corrected chi connectivity index (χ0v) is 5.66. The van der Waals surface area contributed by atoms with E-state index in [9.17, 15) is 4.57 Å². The Balaban J connectivity index is 2.85. The van der Waals surface area contributed by atoms with Crippen molar-refractivity contribution in [3.8, 4) is 0 Å². The van der Waals surface area contributed by atoms with Gasteiger partial charge in [0.05, 0.1) is 0 Å². The highest BCUT2D eigenvalue weighted by Crippen LogP contribution is 2.43. The largest absolute Gasteiger partial charge is 0.491 e. The van der Waals surface area contributed by atoms with Gasteiger partial charge in [-0.3, -0.25) is 0 Å². The van der Waals surface area contributed by atoms with Crippen LogP contribution in [0, 0.1) is 0 Å². The molecule has 0 fully saturated rings. The van der Waals surface area contributed by atoms with Crippen molar-refractivity contribution in [2.45, 2.75) is 0 Å². The van der Waals surface area contributed by atoms with Crippen LogP contribution >= 0.6 is 40.5 Å². The normalized spacial score (nSPS) is 11.2. The molecule has 0 heterocycles. The van der Waals surface area contributed by atoms with Crippen LogP contribution in [0.2, 0.25) is 0 Å². The van der Waals surface area contributed by atoms with Crippen LogP contribution in [0.3, 0.4) is 0 Å². The number of thiol groups is 2. The van der Waals surface area contributed by atoms with E-state index in [1.165, 1.54) is 0 Å². The van der Waals surface area contributed by atoms with Gasteiger partial charge in [0.2, 0.25) is 10.4 Å². The molecule has 0 spiro atoms. The molecule has 30 valence electrons. The lowest BCUT2D eigenvalue weighted by Crippen LogP contribution is -1.09. The van der Waals surface area contributed by atoms with Crippen LogP contribution < -0.4 is 0 Å². The highest BCUT2D eigenvalue weighted by Gasteiger charge is 2.02. The van der Waals surface area contributed by atoms with Crippen molar-refractivity contribution >= 4 is 40.5 Å². The molecule has 0 amide bonds. The molecule has 0 aromatic heterocycles. The molecule has 5 heteroatoms. The minimum Gasteiger partial charge on any atom is -0.0564 e. The molecule has 0 N–H and O–H groups in total. The molecular weight excluding hydrogens is 143 g/mol. The van der Waals surface area contributed by atoms with Crippen LogP contribution in [0.4, 0.5) is 0 Å². The quantitative estimate of drug-likeness (QED) is 0.334. The third kappa shape index (κ3) is 5.15.